The first-order valence-electron chi connectivity index (χ1n) is 7.85. The number of amides is 1. The molecule has 0 fully saturated rings. The van der Waals surface area contributed by atoms with Crippen molar-refractivity contribution in [2.45, 2.75) is 6.42 Å². The highest BCUT2D eigenvalue weighted by atomic mass is 35.5. The number of hydrogen-bond donors (Lipinski definition) is 1. The summed E-state index contributed by atoms with van der Waals surface area (Å²) in [6.45, 7) is 0. The number of nitrogens with one attached hydrogen (secondary N) is 1. The van der Waals surface area contributed by atoms with E-state index in [1.807, 2.05) is 65.4 Å². The normalized spacial score (nSPS) is 14.6. The standard InChI is InChI=1S/C20H14Cl2N2O/c21-13-10-14(22)12-16(11-13)24-9-3-4-15(24)7-8-18-17-5-1-2-6-19(17)23-20(18)25/h1-6,8-12H,7H2,(H,23,25). The number of carbonyl (C=O) groups excluding carboxylic acids is 1. The summed E-state index contributed by atoms with van der Waals surface area (Å²) in [6, 6.07) is 17.1. The number of carbonyl (C=O) groups is 1. The van der Waals surface area contributed by atoms with Gasteiger partial charge in [-0.15, -0.1) is 0 Å². The molecule has 4 rings (SSSR count). The van der Waals surface area contributed by atoms with Crippen LogP contribution in [0.15, 0.2) is 66.9 Å². The van der Waals surface area contributed by atoms with Crippen LogP contribution >= 0.6 is 23.2 Å². The molecule has 0 bridgehead atoms. The van der Waals surface area contributed by atoms with Crippen molar-refractivity contribution in [1.29, 1.82) is 0 Å². The van der Waals surface area contributed by atoms with Gasteiger partial charge in [0, 0.05) is 50.9 Å². The predicted molar refractivity (Wildman–Crippen MR) is 103 cm³/mol. The molecular weight excluding hydrogens is 355 g/mol. The number of rotatable bonds is 3. The molecule has 1 aromatic heterocycles. The van der Waals surface area contributed by atoms with E-state index >= 15 is 0 Å². The Labute approximate surface area is 155 Å². The van der Waals surface area contributed by atoms with Gasteiger partial charge in [-0.25, -0.2) is 0 Å². The van der Waals surface area contributed by atoms with Crippen LogP contribution in [0.2, 0.25) is 10.0 Å². The first-order chi connectivity index (χ1) is 12.1. The van der Waals surface area contributed by atoms with E-state index in [0.29, 0.717) is 22.0 Å². The van der Waals surface area contributed by atoms with Crippen molar-refractivity contribution in [2.24, 2.45) is 0 Å². The molecule has 1 aliphatic rings. The number of fused-ring (bicyclic) bond motifs is 1. The van der Waals surface area contributed by atoms with E-state index in [1.165, 1.54) is 0 Å². The number of halogens is 2. The fourth-order valence-corrected chi connectivity index (χ4v) is 3.58. The first kappa shape index (κ1) is 16.0. The summed E-state index contributed by atoms with van der Waals surface area (Å²) in [6.07, 6.45) is 4.53. The van der Waals surface area contributed by atoms with E-state index in [2.05, 4.69) is 5.32 Å². The van der Waals surface area contributed by atoms with Gasteiger partial charge in [-0.05, 0) is 36.4 Å². The lowest BCUT2D eigenvalue weighted by Crippen LogP contribution is -2.04. The van der Waals surface area contributed by atoms with Crippen molar-refractivity contribution in [3.8, 4) is 5.69 Å². The van der Waals surface area contributed by atoms with E-state index in [1.54, 1.807) is 6.07 Å². The summed E-state index contributed by atoms with van der Waals surface area (Å²) in [5.41, 5.74) is 4.44. The molecule has 0 spiro atoms. The average molecular weight is 369 g/mol. The van der Waals surface area contributed by atoms with Crippen LogP contribution < -0.4 is 5.32 Å². The summed E-state index contributed by atoms with van der Waals surface area (Å²) in [5.74, 6) is -0.0647. The maximum Gasteiger partial charge on any atom is 0.256 e. The molecule has 5 heteroatoms. The van der Waals surface area contributed by atoms with Gasteiger partial charge in [0.1, 0.15) is 0 Å². The van der Waals surface area contributed by atoms with E-state index in [9.17, 15) is 4.79 Å². The van der Waals surface area contributed by atoms with Crippen LogP contribution in [0.25, 0.3) is 11.3 Å². The lowest BCUT2D eigenvalue weighted by molar-refractivity contribution is -0.110. The highest BCUT2D eigenvalue weighted by Gasteiger charge is 2.23. The van der Waals surface area contributed by atoms with Crippen LogP contribution in [0, 0.1) is 0 Å². The summed E-state index contributed by atoms with van der Waals surface area (Å²) >= 11 is 12.2. The Balaban J connectivity index is 1.67. The molecule has 2 heterocycles. The predicted octanol–water partition coefficient (Wildman–Crippen LogP) is 5.36. The van der Waals surface area contributed by atoms with Gasteiger partial charge < -0.3 is 9.88 Å². The summed E-state index contributed by atoms with van der Waals surface area (Å²) < 4.78 is 2.02. The SMILES string of the molecule is O=C1Nc2ccccc2C1=CCc1cccn1-c1cc(Cl)cc(Cl)c1. The van der Waals surface area contributed by atoms with Gasteiger partial charge in [0.05, 0.1) is 0 Å². The van der Waals surface area contributed by atoms with Crippen LogP contribution in [0.1, 0.15) is 11.3 Å². The van der Waals surface area contributed by atoms with Gasteiger partial charge in [0.2, 0.25) is 0 Å². The van der Waals surface area contributed by atoms with E-state index < -0.39 is 0 Å². The second-order valence-electron chi connectivity index (χ2n) is 5.82. The fourth-order valence-electron chi connectivity index (χ4n) is 3.06. The maximum absolute atomic E-state index is 12.2. The molecule has 1 aliphatic heterocycles. The van der Waals surface area contributed by atoms with E-state index in [-0.39, 0.29) is 5.91 Å². The minimum absolute atomic E-state index is 0.0647. The zero-order chi connectivity index (χ0) is 17.4. The van der Waals surface area contributed by atoms with Gasteiger partial charge in [-0.1, -0.05) is 47.5 Å². The van der Waals surface area contributed by atoms with Crippen molar-refractivity contribution >= 4 is 40.4 Å². The van der Waals surface area contributed by atoms with Gasteiger partial charge in [-0.3, -0.25) is 4.79 Å². The second-order valence-corrected chi connectivity index (χ2v) is 6.69. The molecule has 0 aliphatic carbocycles. The third-order valence-electron chi connectivity index (χ3n) is 4.18. The van der Waals surface area contributed by atoms with E-state index in [0.717, 1.165) is 22.6 Å². The molecule has 1 amide bonds. The number of nitrogens with zero attached hydrogens (tertiary/aromatic N) is 1. The van der Waals surface area contributed by atoms with Crippen molar-refractivity contribution in [3.05, 3.63) is 88.2 Å². The zero-order valence-electron chi connectivity index (χ0n) is 13.2. The molecule has 124 valence electrons. The minimum atomic E-state index is -0.0647. The number of aromatic nitrogens is 1. The highest BCUT2D eigenvalue weighted by molar-refractivity contribution is 6.35. The second kappa shape index (κ2) is 6.43. The van der Waals surface area contributed by atoms with E-state index in [4.69, 9.17) is 23.2 Å². The van der Waals surface area contributed by atoms with Crippen molar-refractivity contribution in [2.75, 3.05) is 5.32 Å². The number of benzene rings is 2. The Morgan fingerprint density at radius 2 is 1.76 bits per heavy atom. The van der Waals surface area contributed by atoms with Gasteiger partial charge >= 0.3 is 0 Å². The largest absolute Gasteiger partial charge is 0.321 e. The lowest BCUT2D eigenvalue weighted by atomic mass is 10.1. The number of hydrogen-bond acceptors (Lipinski definition) is 1. The molecule has 1 N–H and O–H groups in total. The number of para-hydroxylation sites is 1. The molecule has 0 radical (unpaired) electrons. The molecule has 0 unspecified atom stereocenters. The molecule has 3 aromatic rings. The molecule has 2 aromatic carbocycles. The van der Waals surface area contributed by atoms with Crippen LogP contribution in [0.5, 0.6) is 0 Å². The molecule has 25 heavy (non-hydrogen) atoms. The van der Waals surface area contributed by atoms with Crippen LogP contribution in [-0.4, -0.2) is 10.5 Å². The fraction of sp³-hybridized carbons (Fsp3) is 0.0500. The summed E-state index contributed by atoms with van der Waals surface area (Å²) in [7, 11) is 0. The third kappa shape index (κ3) is 3.09. The Bertz CT molecular complexity index is 984. The van der Waals surface area contributed by atoms with Gasteiger partial charge in [-0.2, -0.15) is 0 Å². The number of anilines is 1. The smallest absolute Gasteiger partial charge is 0.256 e. The highest BCUT2D eigenvalue weighted by Crippen LogP contribution is 2.31. The number of allylic oxidation sites excluding steroid dienone is 1. The summed E-state index contributed by atoms with van der Waals surface area (Å²) in [4.78, 5) is 12.2. The molecule has 0 saturated heterocycles. The minimum Gasteiger partial charge on any atom is -0.321 e. The quantitative estimate of drug-likeness (QED) is 0.620. The first-order valence-corrected chi connectivity index (χ1v) is 8.61. The monoisotopic (exact) mass is 368 g/mol. The Hall–Kier alpha value is -2.49. The van der Waals surface area contributed by atoms with Crippen LogP contribution in [0.3, 0.4) is 0 Å². The molecule has 3 nitrogen and oxygen atoms in total. The molecular formula is C20H14Cl2N2O. The summed E-state index contributed by atoms with van der Waals surface area (Å²) in [5, 5.41) is 4.07. The van der Waals surface area contributed by atoms with Gasteiger partial charge in [0.25, 0.3) is 5.91 Å². The molecule has 0 atom stereocenters. The van der Waals surface area contributed by atoms with Crippen LogP contribution in [-0.2, 0) is 11.2 Å². The van der Waals surface area contributed by atoms with Crippen molar-refractivity contribution in [1.82, 2.24) is 4.57 Å². The van der Waals surface area contributed by atoms with Crippen molar-refractivity contribution < 1.29 is 4.79 Å². The lowest BCUT2D eigenvalue weighted by Gasteiger charge is -2.09. The van der Waals surface area contributed by atoms with Crippen molar-refractivity contribution in [3.63, 3.8) is 0 Å². The Morgan fingerprint density at radius 3 is 2.56 bits per heavy atom. The Kier molecular flexibility index (Phi) is 4.12. The molecule has 0 saturated carbocycles. The zero-order valence-corrected chi connectivity index (χ0v) is 14.7. The van der Waals surface area contributed by atoms with Gasteiger partial charge in [0.15, 0.2) is 0 Å². The maximum atomic E-state index is 12.2. The third-order valence-corrected chi connectivity index (χ3v) is 4.62. The van der Waals surface area contributed by atoms with Crippen LogP contribution in [0.4, 0.5) is 5.69 Å². The average Bonchev–Trinajstić information content (AvgIpc) is 3.15. The Morgan fingerprint density at radius 1 is 1.00 bits per heavy atom. The topological polar surface area (TPSA) is 34.0 Å².